The molecule has 15 heavy (non-hydrogen) atoms. The van der Waals surface area contributed by atoms with Crippen LogP contribution in [0.2, 0.25) is 0 Å². The lowest BCUT2D eigenvalue weighted by Gasteiger charge is -2.05. The second kappa shape index (κ2) is 3.96. The van der Waals surface area contributed by atoms with Gasteiger partial charge in [-0.05, 0) is 11.6 Å². The number of para-hydroxylation sites is 1. The molecule has 0 saturated heterocycles. The minimum Gasteiger partial charge on any atom is -0.352 e. The van der Waals surface area contributed by atoms with Gasteiger partial charge in [-0.25, -0.2) is 4.79 Å². The number of primary amides is 1. The maximum absolute atomic E-state index is 10.6. The highest BCUT2D eigenvalue weighted by molar-refractivity contribution is 5.82. The number of carbonyl (C=O) groups is 1. The zero-order chi connectivity index (χ0) is 10.7. The summed E-state index contributed by atoms with van der Waals surface area (Å²) < 4.78 is 0. The summed E-state index contributed by atoms with van der Waals surface area (Å²) in [6.45, 7) is 0.406. The molecule has 76 valence electrons. The van der Waals surface area contributed by atoms with E-state index in [1.807, 2.05) is 30.3 Å². The highest BCUT2D eigenvalue weighted by atomic mass is 16.2. The van der Waals surface area contributed by atoms with Gasteiger partial charge in [-0.3, -0.25) is 4.98 Å². The number of nitrogens with zero attached hydrogens (tertiary/aromatic N) is 1. The smallest absolute Gasteiger partial charge is 0.312 e. The van der Waals surface area contributed by atoms with Crippen LogP contribution in [-0.4, -0.2) is 11.0 Å². The van der Waals surface area contributed by atoms with E-state index in [1.165, 1.54) is 0 Å². The van der Waals surface area contributed by atoms with E-state index >= 15 is 0 Å². The minimum atomic E-state index is -0.525. The van der Waals surface area contributed by atoms with E-state index < -0.39 is 6.03 Å². The number of carbonyl (C=O) groups excluding carboxylic acids is 1. The van der Waals surface area contributed by atoms with Crippen LogP contribution in [0.4, 0.5) is 4.79 Å². The summed E-state index contributed by atoms with van der Waals surface area (Å²) in [5.41, 5.74) is 6.88. The summed E-state index contributed by atoms with van der Waals surface area (Å²) in [6, 6.07) is 9.18. The monoisotopic (exact) mass is 201 g/mol. The maximum Gasteiger partial charge on any atom is 0.312 e. The van der Waals surface area contributed by atoms with E-state index in [-0.39, 0.29) is 0 Å². The molecule has 0 unspecified atom stereocenters. The predicted molar refractivity (Wildman–Crippen MR) is 58.2 cm³/mol. The first kappa shape index (κ1) is 9.45. The van der Waals surface area contributed by atoms with Gasteiger partial charge in [0.1, 0.15) is 0 Å². The average molecular weight is 201 g/mol. The van der Waals surface area contributed by atoms with Crippen molar-refractivity contribution < 1.29 is 4.79 Å². The van der Waals surface area contributed by atoms with Crippen molar-refractivity contribution in [3.8, 4) is 0 Å². The highest BCUT2D eigenvalue weighted by Gasteiger charge is 2.01. The number of rotatable bonds is 2. The van der Waals surface area contributed by atoms with Crippen LogP contribution in [-0.2, 0) is 6.54 Å². The zero-order valence-electron chi connectivity index (χ0n) is 8.10. The van der Waals surface area contributed by atoms with Gasteiger partial charge in [-0.15, -0.1) is 0 Å². The Bertz CT molecular complexity index is 491. The summed E-state index contributed by atoms with van der Waals surface area (Å²) in [7, 11) is 0. The molecule has 4 heteroatoms. The summed E-state index contributed by atoms with van der Waals surface area (Å²) in [5.74, 6) is 0. The second-order valence-electron chi connectivity index (χ2n) is 3.21. The van der Waals surface area contributed by atoms with Crippen LogP contribution in [0.1, 0.15) is 5.56 Å². The van der Waals surface area contributed by atoms with E-state index in [0.29, 0.717) is 6.54 Å². The Hall–Kier alpha value is -2.10. The van der Waals surface area contributed by atoms with Crippen molar-refractivity contribution in [2.24, 2.45) is 5.73 Å². The van der Waals surface area contributed by atoms with Crippen molar-refractivity contribution in [1.82, 2.24) is 10.3 Å². The summed E-state index contributed by atoms with van der Waals surface area (Å²) in [6.07, 6.45) is 1.73. The molecule has 0 saturated carbocycles. The van der Waals surface area contributed by atoms with Gasteiger partial charge in [-0.2, -0.15) is 0 Å². The molecular weight excluding hydrogens is 190 g/mol. The van der Waals surface area contributed by atoms with Crippen molar-refractivity contribution in [3.63, 3.8) is 0 Å². The number of amides is 2. The quantitative estimate of drug-likeness (QED) is 0.771. The van der Waals surface area contributed by atoms with Crippen molar-refractivity contribution in [2.75, 3.05) is 0 Å². The molecule has 0 bridgehead atoms. The fraction of sp³-hybridized carbons (Fsp3) is 0.0909. The lowest BCUT2D eigenvalue weighted by Crippen LogP contribution is -2.28. The molecule has 2 amide bonds. The number of aromatic nitrogens is 1. The van der Waals surface area contributed by atoms with Crippen LogP contribution < -0.4 is 11.1 Å². The number of pyridine rings is 1. The Morgan fingerprint density at radius 1 is 1.33 bits per heavy atom. The Morgan fingerprint density at radius 2 is 2.13 bits per heavy atom. The fourth-order valence-electron chi connectivity index (χ4n) is 1.49. The maximum atomic E-state index is 10.6. The van der Waals surface area contributed by atoms with Crippen molar-refractivity contribution in [3.05, 3.63) is 42.1 Å². The summed E-state index contributed by atoms with van der Waals surface area (Å²) in [5, 5.41) is 3.61. The first-order valence-electron chi connectivity index (χ1n) is 4.63. The van der Waals surface area contributed by atoms with E-state index in [9.17, 15) is 4.79 Å². The highest BCUT2D eigenvalue weighted by Crippen LogP contribution is 2.15. The van der Waals surface area contributed by atoms with Gasteiger partial charge in [0.15, 0.2) is 0 Å². The van der Waals surface area contributed by atoms with E-state index in [0.717, 1.165) is 16.5 Å². The van der Waals surface area contributed by atoms with Crippen LogP contribution in [0.3, 0.4) is 0 Å². The first-order valence-corrected chi connectivity index (χ1v) is 4.63. The molecule has 1 heterocycles. The first-order chi connectivity index (χ1) is 7.27. The molecule has 0 aliphatic heterocycles. The van der Waals surface area contributed by atoms with Crippen LogP contribution in [0.5, 0.6) is 0 Å². The van der Waals surface area contributed by atoms with Gasteiger partial charge in [0.2, 0.25) is 0 Å². The Balaban J connectivity index is 2.38. The lowest BCUT2D eigenvalue weighted by atomic mass is 10.1. The molecule has 0 spiro atoms. The Labute approximate surface area is 87.1 Å². The average Bonchev–Trinajstić information content (AvgIpc) is 2.26. The Kier molecular flexibility index (Phi) is 2.49. The molecule has 2 aromatic rings. The summed E-state index contributed by atoms with van der Waals surface area (Å²) in [4.78, 5) is 14.9. The number of fused-ring (bicyclic) bond motifs is 1. The van der Waals surface area contributed by atoms with Gasteiger partial charge in [0.05, 0.1) is 5.52 Å². The third-order valence-electron chi connectivity index (χ3n) is 2.17. The Morgan fingerprint density at radius 3 is 2.93 bits per heavy atom. The third kappa shape index (κ3) is 2.04. The molecule has 4 nitrogen and oxygen atoms in total. The molecule has 0 aliphatic rings. The SMILES string of the molecule is NC(=O)NCc1cccc2cccnc12. The predicted octanol–water partition coefficient (Wildman–Crippen LogP) is 1.40. The minimum absolute atomic E-state index is 0.406. The van der Waals surface area contributed by atoms with Crippen molar-refractivity contribution in [1.29, 1.82) is 0 Å². The molecule has 2 rings (SSSR count). The molecule has 3 N–H and O–H groups in total. The lowest BCUT2D eigenvalue weighted by molar-refractivity contribution is 0.248. The number of urea groups is 1. The van der Waals surface area contributed by atoms with Gasteiger partial charge >= 0.3 is 6.03 Å². The third-order valence-corrected chi connectivity index (χ3v) is 2.17. The van der Waals surface area contributed by atoms with Crippen molar-refractivity contribution in [2.45, 2.75) is 6.54 Å². The standard InChI is InChI=1S/C11H11N3O/c12-11(15)14-7-9-4-1-3-8-5-2-6-13-10(8)9/h1-6H,7H2,(H3,12,14,15). The largest absolute Gasteiger partial charge is 0.352 e. The van der Waals surface area contributed by atoms with Crippen LogP contribution in [0.15, 0.2) is 36.5 Å². The fourth-order valence-corrected chi connectivity index (χ4v) is 1.49. The molecule has 0 aliphatic carbocycles. The van der Waals surface area contributed by atoms with E-state index in [2.05, 4.69) is 10.3 Å². The van der Waals surface area contributed by atoms with Gasteiger partial charge < -0.3 is 11.1 Å². The number of benzene rings is 1. The van der Waals surface area contributed by atoms with E-state index in [4.69, 9.17) is 5.73 Å². The van der Waals surface area contributed by atoms with Crippen LogP contribution in [0, 0.1) is 0 Å². The molecule has 0 radical (unpaired) electrons. The van der Waals surface area contributed by atoms with Crippen LogP contribution >= 0.6 is 0 Å². The molecule has 0 atom stereocenters. The topological polar surface area (TPSA) is 68.0 Å². The number of nitrogens with two attached hydrogens (primary N) is 1. The van der Waals surface area contributed by atoms with E-state index in [1.54, 1.807) is 6.20 Å². The number of hydrogen-bond acceptors (Lipinski definition) is 2. The van der Waals surface area contributed by atoms with Crippen LogP contribution in [0.25, 0.3) is 10.9 Å². The second-order valence-corrected chi connectivity index (χ2v) is 3.21. The normalized spacial score (nSPS) is 10.1. The van der Waals surface area contributed by atoms with Gasteiger partial charge in [-0.1, -0.05) is 24.3 Å². The molecular formula is C11H11N3O. The van der Waals surface area contributed by atoms with Crippen molar-refractivity contribution >= 4 is 16.9 Å². The zero-order valence-corrected chi connectivity index (χ0v) is 8.10. The molecule has 0 fully saturated rings. The van der Waals surface area contributed by atoms with Gasteiger partial charge in [0.25, 0.3) is 0 Å². The molecule has 1 aromatic carbocycles. The van der Waals surface area contributed by atoms with Gasteiger partial charge in [0, 0.05) is 18.1 Å². The number of hydrogen-bond donors (Lipinski definition) is 2. The summed E-state index contributed by atoms with van der Waals surface area (Å²) >= 11 is 0. The number of nitrogens with one attached hydrogen (secondary N) is 1. The molecule has 1 aromatic heterocycles.